The molecule has 0 bridgehead atoms. The molecule has 3 aromatic rings. The Bertz CT molecular complexity index is 1570. The van der Waals surface area contributed by atoms with Gasteiger partial charge in [-0.15, -0.1) is 0 Å². The number of hydrogen-bond acceptors (Lipinski definition) is 6. The van der Waals surface area contributed by atoms with E-state index in [0.29, 0.717) is 36.4 Å². The summed E-state index contributed by atoms with van der Waals surface area (Å²) >= 11 is 0. The molecule has 41 heavy (non-hydrogen) atoms. The van der Waals surface area contributed by atoms with Gasteiger partial charge in [-0.1, -0.05) is 12.1 Å². The molecule has 2 aliphatic heterocycles. The lowest BCUT2D eigenvalue weighted by Gasteiger charge is -2.38. The highest BCUT2D eigenvalue weighted by Crippen LogP contribution is 2.54. The first-order chi connectivity index (χ1) is 18.9. The Hall–Kier alpha value is -4.69. The minimum Gasteiger partial charge on any atom is -0.386 e. The lowest BCUT2D eigenvalue weighted by Crippen LogP contribution is -2.45. The van der Waals surface area contributed by atoms with Gasteiger partial charge in [-0.05, 0) is 59.2 Å². The second kappa shape index (κ2) is 8.65. The minimum atomic E-state index is -5.78. The van der Waals surface area contributed by atoms with E-state index in [4.69, 9.17) is 0 Å². The SMILES string of the molecule is O=C1OC(=O)c2cc(C(c3cc(C(F)(F)F)cc(C(F)(F)F)c3)(c3ccc4c(c3)C(=O)OC4=O)C(F)(F)F)ccc21. The summed E-state index contributed by atoms with van der Waals surface area (Å²) in [6, 6.07) is 2.81. The van der Waals surface area contributed by atoms with Crippen LogP contribution in [-0.2, 0) is 27.2 Å². The molecule has 2 heterocycles. The van der Waals surface area contributed by atoms with Crippen molar-refractivity contribution in [3.63, 3.8) is 0 Å². The third-order valence-electron chi connectivity index (χ3n) is 6.60. The van der Waals surface area contributed by atoms with Crippen LogP contribution in [0.1, 0.15) is 69.2 Å². The van der Waals surface area contributed by atoms with E-state index in [0.717, 1.165) is 0 Å². The van der Waals surface area contributed by atoms with Gasteiger partial charge in [0.2, 0.25) is 0 Å². The first kappa shape index (κ1) is 27.9. The van der Waals surface area contributed by atoms with E-state index in [2.05, 4.69) is 9.47 Å². The normalized spacial score (nSPS) is 15.5. The number of alkyl halides is 9. The summed E-state index contributed by atoms with van der Waals surface area (Å²) < 4.78 is 137. The fourth-order valence-electron chi connectivity index (χ4n) is 4.80. The Labute approximate surface area is 221 Å². The first-order valence-corrected chi connectivity index (χ1v) is 11.0. The number of ether oxygens (including phenoxy) is 2. The Kier molecular flexibility index (Phi) is 5.88. The molecule has 0 aromatic heterocycles. The molecule has 0 atom stereocenters. The van der Waals surface area contributed by atoms with Crippen molar-refractivity contribution in [2.24, 2.45) is 0 Å². The number of carbonyl (C=O) groups excluding carboxylic acids is 4. The van der Waals surface area contributed by atoms with Crippen molar-refractivity contribution in [1.82, 2.24) is 0 Å². The van der Waals surface area contributed by atoms with Gasteiger partial charge in [-0.25, -0.2) is 19.2 Å². The Morgan fingerprint density at radius 3 is 1.10 bits per heavy atom. The summed E-state index contributed by atoms with van der Waals surface area (Å²) in [5, 5.41) is 0. The maximum Gasteiger partial charge on any atom is 0.416 e. The number of fused-ring (bicyclic) bond motifs is 2. The van der Waals surface area contributed by atoms with Crippen LogP contribution in [0.25, 0.3) is 0 Å². The monoisotopic (exact) mass is 588 g/mol. The molecule has 0 saturated heterocycles. The Balaban J connectivity index is 1.96. The summed E-state index contributed by atoms with van der Waals surface area (Å²) in [4.78, 5) is 48.1. The molecule has 0 radical (unpaired) electrons. The highest BCUT2D eigenvalue weighted by atomic mass is 19.4. The summed E-state index contributed by atoms with van der Waals surface area (Å²) in [7, 11) is 0. The van der Waals surface area contributed by atoms with Gasteiger partial charge in [0.1, 0.15) is 5.41 Å². The molecule has 0 amide bonds. The van der Waals surface area contributed by atoms with Gasteiger partial charge in [-0.3, -0.25) is 0 Å². The molecule has 0 spiro atoms. The predicted octanol–water partition coefficient (Wildman–Crippen LogP) is 6.24. The van der Waals surface area contributed by atoms with Gasteiger partial charge < -0.3 is 9.47 Å². The van der Waals surface area contributed by atoms with Gasteiger partial charge in [0.05, 0.1) is 33.4 Å². The number of benzene rings is 3. The van der Waals surface area contributed by atoms with Gasteiger partial charge in [0.25, 0.3) is 0 Å². The van der Waals surface area contributed by atoms with Gasteiger partial charge in [-0.2, -0.15) is 39.5 Å². The van der Waals surface area contributed by atoms with Gasteiger partial charge in [0, 0.05) is 0 Å². The zero-order valence-corrected chi connectivity index (χ0v) is 19.5. The second-order valence-corrected chi connectivity index (χ2v) is 8.92. The van der Waals surface area contributed by atoms with Crippen molar-refractivity contribution in [3.8, 4) is 0 Å². The minimum absolute atomic E-state index is 0.143. The van der Waals surface area contributed by atoms with Crippen molar-refractivity contribution >= 4 is 23.9 Å². The van der Waals surface area contributed by atoms with Crippen LogP contribution in [0.4, 0.5) is 39.5 Å². The zero-order chi connectivity index (χ0) is 30.3. The Morgan fingerprint density at radius 1 is 0.415 bits per heavy atom. The summed E-state index contributed by atoms with van der Waals surface area (Å²) in [6.07, 6.45) is -16.9. The van der Waals surface area contributed by atoms with Crippen LogP contribution in [0.2, 0.25) is 0 Å². The van der Waals surface area contributed by atoms with Crippen LogP contribution in [0.3, 0.4) is 0 Å². The fourth-order valence-corrected chi connectivity index (χ4v) is 4.80. The van der Waals surface area contributed by atoms with Crippen LogP contribution in [0.5, 0.6) is 0 Å². The van der Waals surface area contributed by atoms with Gasteiger partial charge >= 0.3 is 42.4 Å². The molecule has 0 saturated carbocycles. The summed E-state index contributed by atoms with van der Waals surface area (Å²) in [5.41, 5.74) is -14.4. The van der Waals surface area contributed by atoms with E-state index in [-0.39, 0.29) is 18.2 Å². The van der Waals surface area contributed by atoms with Gasteiger partial charge in [0.15, 0.2) is 0 Å². The van der Waals surface area contributed by atoms with E-state index >= 15 is 13.2 Å². The molecule has 15 heteroatoms. The summed E-state index contributed by atoms with van der Waals surface area (Å²) in [6.45, 7) is 0. The van der Waals surface area contributed by atoms with Crippen molar-refractivity contribution in [3.05, 3.63) is 105 Å². The first-order valence-electron chi connectivity index (χ1n) is 11.0. The number of esters is 4. The number of carbonyl (C=O) groups is 4. The molecule has 6 nitrogen and oxygen atoms in total. The average molecular weight is 588 g/mol. The van der Waals surface area contributed by atoms with Crippen LogP contribution >= 0.6 is 0 Å². The third kappa shape index (κ3) is 4.22. The quantitative estimate of drug-likeness (QED) is 0.156. The van der Waals surface area contributed by atoms with Crippen molar-refractivity contribution in [2.45, 2.75) is 23.9 Å². The number of cyclic esters (lactones) is 4. The largest absolute Gasteiger partial charge is 0.416 e. The highest BCUT2D eigenvalue weighted by molar-refractivity contribution is 6.15. The molecule has 0 N–H and O–H groups in total. The number of halogens is 9. The average Bonchev–Trinajstić information content (AvgIpc) is 3.31. The van der Waals surface area contributed by atoms with E-state index in [1.807, 2.05) is 0 Å². The molecule has 0 fully saturated rings. The maximum absolute atomic E-state index is 15.4. The molecular formula is C26H9F9O6. The van der Waals surface area contributed by atoms with Crippen molar-refractivity contribution in [1.29, 1.82) is 0 Å². The molecule has 5 rings (SSSR count). The Morgan fingerprint density at radius 2 is 0.756 bits per heavy atom. The topological polar surface area (TPSA) is 86.7 Å². The van der Waals surface area contributed by atoms with Crippen LogP contribution in [0, 0.1) is 0 Å². The lowest BCUT2D eigenvalue weighted by atomic mass is 9.67. The molecule has 3 aromatic carbocycles. The molecule has 0 unspecified atom stereocenters. The highest BCUT2D eigenvalue weighted by Gasteiger charge is 2.60. The molecule has 0 aliphatic carbocycles. The van der Waals surface area contributed by atoms with E-state index in [1.165, 1.54) is 0 Å². The van der Waals surface area contributed by atoms with Crippen molar-refractivity contribution < 1.29 is 68.2 Å². The smallest absolute Gasteiger partial charge is 0.386 e. The molecule has 2 aliphatic rings. The third-order valence-corrected chi connectivity index (χ3v) is 6.60. The van der Waals surface area contributed by atoms with E-state index in [1.54, 1.807) is 0 Å². The number of hydrogen-bond donors (Lipinski definition) is 0. The second-order valence-electron chi connectivity index (χ2n) is 8.92. The fraction of sp³-hybridized carbons (Fsp3) is 0.154. The molecule has 212 valence electrons. The van der Waals surface area contributed by atoms with E-state index < -0.39 is 97.9 Å². The summed E-state index contributed by atoms with van der Waals surface area (Å²) in [5.74, 6) is -5.31. The zero-order valence-electron chi connectivity index (χ0n) is 19.5. The van der Waals surface area contributed by atoms with Crippen LogP contribution < -0.4 is 0 Å². The standard InChI is InChI=1S/C26H9F9O6/c27-24(28,29)13-5-12(6-14(7-13)25(30,31)32)23(26(33,34)35,10-1-3-15-17(8-10)21(38)40-19(15)36)11-2-4-16-18(9-11)22(39)41-20(16)37/h1-9H. The van der Waals surface area contributed by atoms with Crippen molar-refractivity contribution in [2.75, 3.05) is 0 Å². The van der Waals surface area contributed by atoms with Crippen LogP contribution in [0.15, 0.2) is 54.6 Å². The van der Waals surface area contributed by atoms with Crippen LogP contribution in [-0.4, -0.2) is 30.1 Å². The lowest BCUT2D eigenvalue weighted by molar-refractivity contribution is -0.167. The molecular weight excluding hydrogens is 579 g/mol. The predicted molar refractivity (Wildman–Crippen MR) is 115 cm³/mol. The van der Waals surface area contributed by atoms with E-state index in [9.17, 15) is 45.5 Å². The maximum atomic E-state index is 15.4. The number of rotatable bonds is 3.